The van der Waals surface area contributed by atoms with Crippen molar-refractivity contribution in [3.63, 3.8) is 0 Å². The Balaban J connectivity index is 3.28. The summed E-state index contributed by atoms with van der Waals surface area (Å²) in [6.07, 6.45) is 3.67. The largest absolute Gasteiger partial charge is 0.462 e. The molecule has 94 valence electrons. The summed E-state index contributed by atoms with van der Waals surface area (Å²) in [7, 11) is 0. The fourth-order valence-corrected chi connectivity index (χ4v) is 1.63. The molecule has 0 saturated carbocycles. The Hall–Kier alpha value is -2.26. The number of azide groups is 1. The van der Waals surface area contributed by atoms with Gasteiger partial charge in [-0.15, -0.1) is 0 Å². The molecule has 5 nitrogen and oxygen atoms in total. The van der Waals surface area contributed by atoms with Crippen LogP contribution in [0, 0.1) is 0 Å². The van der Waals surface area contributed by atoms with Gasteiger partial charge >= 0.3 is 5.97 Å². The Morgan fingerprint density at radius 3 is 2.94 bits per heavy atom. The molecule has 0 saturated heterocycles. The zero-order valence-corrected chi connectivity index (χ0v) is 10.5. The number of allylic oxidation sites excluding steroid dienone is 1. The van der Waals surface area contributed by atoms with E-state index in [4.69, 9.17) is 10.3 Å². The number of benzene rings is 1. The first-order valence-corrected chi connectivity index (χ1v) is 5.67. The average Bonchev–Trinajstić information content (AvgIpc) is 2.37. The number of ether oxygens (including phenoxy) is 1. The highest BCUT2D eigenvalue weighted by atomic mass is 16.5. The SMILES string of the molecule is C/C=C/c1cccc(CN=[N+]=[N-])c1C(=O)OCC. The maximum Gasteiger partial charge on any atom is 0.339 e. The van der Waals surface area contributed by atoms with Crippen molar-refractivity contribution < 1.29 is 9.53 Å². The van der Waals surface area contributed by atoms with E-state index in [0.717, 1.165) is 5.56 Å². The van der Waals surface area contributed by atoms with Crippen LogP contribution < -0.4 is 0 Å². The third-order valence-electron chi connectivity index (χ3n) is 2.31. The van der Waals surface area contributed by atoms with Crippen LogP contribution in [0.5, 0.6) is 0 Å². The zero-order chi connectivity index (χ0) is 13.4. The van der Waals surface area contributed by atoms with Gasteiger partial charge in [0.2, 0.25) is 0 Å². The summed E-state index contributed by atoms with van der Waals surface area (Å²) in [5.41, 5.74) is 10.3. The number of esters is 1. The Morgan fingerprint density at radius 2 is 2.33 bits per heavy atom. The van der Waals surface area contributed by atoms with Crippen LogP contribution in [0.1, 0.15) is 35.3 Å². The minimum Gasteiger partial charge on any atom is -0.462 e. The summed E-state index contributed by atoms with van der Waals surface area (Å²) in [4.78, 5) is 14.6. The predicted molar refractivity (Wildman–Crippen MR) is 70.0 cm³/mol. The predicted octanol–water partition coefficient (Wildman–Crippen LogP) is 3.71. The third-order valence-corrected chi connectivity index (χ3v) is 2.31. The molecule has 5 heteroatoms. The normalized spacial score (nSPS) is 10.1. The second kappa shape index (κ2) is 7.14. The van der Waals surface area contributed by atoms with Crippen LogP contribution >= 0.6 is 0 Å². The smallest absolute Gasteiger partial charge is 0.339 e. The highest BCUT2D eigenvalue weighted by Crippen LogP contribution is 2.19. The van der Waals surface area contributed by atoms with Crippen molar-refractivity contribution in [1.82, 2.24) is 0 Å². The summed E-state index contributed by atoms with van der Waals surface area (Å²) < 4.78 is 5.03. The van der Waals surface area contributed by atoms with Gasteiger partial charge in [-0.3, -0.25) is 0 Å². The van der Waals surface area contributed by atoms with Gasteiger partial charge in [0.15, 0.2) is 0 Å². The average molecular weight is 245 g/mol. The van der Waals surface area contributed by atoms with E-state index in [1.54, 1.807) is 13.0 Å². The number of hydrogen-bond donors (Lipinski definition) is 0. The van der Waals surface area contributed by atoms with E-state index in [2.05, 4.69) is 10.0 Å². The second-order valence-corrected chi connectivity index (χ2v) is 3.49. The van der Waals surface area contributed by atoms with Crippen LogP contribution in [0.15, 0.2) is 29.4 Å². The molecule has 0 aliphatic carbocycles. The molecule has 0 aliphatic heterocycles. The molecule has 0 unspecified atom stereocenters. The minimum absolute atomic E-state index is 0.135. The molecule has 1 rings (SSSR count). The quantitative estimate of drug-likeness (QED) is 0.343. The summed E-state index contributed by atoms with van der Waals surface area (Å²) in [6, 6.07) is 5.40. The van der Waals surface area contributed by atoms with Crippen molar-refractivity contribution in [2.24, 2.45) is 5.11 Å². The van der Waals surface area contributed by atoms with Gasteiger partial charge in [-0.05, 0) is 30.5 Å². The molecule has 0 aliphatic rings. The van der Waals surface area contributed by atoms with Gasteiger partial charge in [0.05, 0.1) is 18.7 Å². The van der Waals surface area contributed by atoms with Crippen LogP contribution in [-0.4, -0.2) is 12.6 Å². The van der Waals surface area contributed by atoms with Crippen LogP contribution in [-0.2, 0) is 11.3 Å². The number of hydrogen-bond acceptors (Lipinski definition) is 3. The van der Waals surface area contributed by atoms with Crippen molar-refractivity contribution in [3.05, 3.63) is 51.4 Å². The molecule has 0 radical (unpaired) electrons. The molecule has 1 aromatic rings. The van der Waals surface area contributed by atoms with Gasteiger partial charge in [-0.2, -0.15) is 0 Å². The molecule has 0 bridgehead atoms. The van der Waals surface area contributed by atoms with Gasteiger partial charge in [-0.25, -0.2) is 4.79 Å². The van der Waals surface area contributed by atoms with Crippen molar-refractivity contribution >= 4 is 12.0 Å². The Kier molecular flexibility index (Phi) is 5.48. The van der Waals surface area contributed by atoms with Crippen LogP contribution in [0.4, 0.5) is 0 Å². The van der Waals surface area contributed by atoms with Gasteiger partial charge in [0, 0.05) is 4.91 Å². The van der Waals surface area contributed by atoms with E-state index in [0.29, 0.717) is 17.7 Å². The van der Waals surface area contributed by atoms with Gasteiger partial charge in [0.1, 0.15) is 0 Å². The molecule has 1 aromatic carbocycles. The lowest BCUT2D eigenvalue weighted by Gasteiger charge is -2.10. The third kappa shape index (κ3) is 3.37. The lowest BCUT2D eigenvalue weighted by atomic mass is 10.0. The maximum atomic E-state index is 11.9. The van der Waals surface area contributed by atoms with E-state index in [1.165, 1.54) is 0 Å². The number of rotatable bonds is 5. The summed E-state index contributed by atoms with van der Waals surface area (Å²) in [5.74, 6) is -0.394. The lowest BCUT2D eigenvalue weighted by molar-refractivity contribution is 0.0525. The molecule has 0 aromatic heterocycles. The summed E-state index contributed by atoms with van der Waals surface area (Å²) in [5, 5.41) is 3.50. The van der Waals surface area contributed by atoms with Crippen molar-refractivity contribution in [3.8, 4) is 0 Å². The van der Waals surface area contributed by atoms with Gasteiger partial charge in [0.25, 0.3) is 0 Å². The number of carbonyl (C=O) groups excluding carboxylic acids is 1. The van der Waals surface area contributed by atoms with Gasteiger partial charge in [-0.1, -0.05) is 35.5 Å². The van der Waals surface area contributed by atoms with Crippen molar-refractivity contribution in [2.45, 2.75) is 20.4 Å². The van der Waals surface area contributed by atoms with Crippen LogP contribution in [0.2, 0.25) is 0 Å². The van der Waals surface area contributed by atoms with Gasteiger partial charge < -0.3 is 4.74 Å². The second-order valence-electron chi connectivity index (χ2n) is 3.49. The van der Waals surface area contributed by atoms with E-state index >= 15 is 0 Å². The number of nitrogens with zero attached hydrogens (tertiary/aromatic N) is 3. The van der Waals surface area contributed by atoms with Crippen molar-refractivity contribution in [1.29, 1.82) is 0 Å². The van der Waals surface area contributed by atoms with Crippen LogP contribution in [0.3, 0.4) is 0 Å². The lowest BCUT2D eigenvalue weighted by Crippen LogP contribution is -2.10. The highest BCUT2D eigenvalue weighted by Gasteiger charge is 2.15. The topological polar surface area (TPSA) is 75.1 Å². The standard InChI is InChI=1S/C13H15N3O2/c1-3-6-10-7-5-8-11(9-15-16-14)12(10)13(17)18-4-2/h3,5-8H,4,9H2,1-2H3/b6-3+. The number of carbonyl (C=O) groups is 1. The highest BCUT2D eigenvalue weighted by molar-refractivity contribution is 5.95. The molecular weight excluding hydrogens is 230 g/mol. The molecule has 0 atom stereocenters. The molecule has 0 fully saturated rings. The van der Waals surface area contributed by atoms with E-state index in [9.17, 15) is 4.79 Å². The summed E-state index contributed by atoms with van der Waals surface area (Å²) in [6.45, 7) is 4.07. The van der Waals surface area contributed by atoms with E-state index in [-0.39, 0.29) is 6.54 Å². The molecule has 0 spiro atoms. The monoisotopic (exact) mass is 245 g/mol. The molecule has 0 amide bonds. The first-order chi connectivity index (χ1) is 8.74. The fourth-order valence-electron chi connectivity index (χ4n) is 1.63. The maximum absolute atomic E-state index is 11.9. The summed E-state index contributed by atoms with van der Waals surface area (Å²) >= 11 is 0. The first-order valence-electron chi connectivity index (χ1n) is 5.67. The Morgan fingerprint density at radius 1 is 1.56 bits per heavy atom. The van der Waals surface area contributed by atoms with E-state index in [1.807, 2.05) is 31.2 Å². The Bertz CT molecular complexity index is 503. The zero-order valence-electron chi connectivity index (χ0n) is 10.5. The minimum atomic E-state index is -0.394. The Labute approximate surface area is 106 Å². The molecule has 0 heterocycles. The van der Waals surface area contributed by atoms with E-state index < -0.39 is 5.97 Å². The van der Waals surface area contributed by atoms with Crippen molar-refractivity contribution in [2.75, 3.05) is 6.61 Å². The fraction of sp³-hybridized carbons (Fsp3) is 0.308. The first kappa shape index (κ1) is 13.8. The van der Waals surface area contributed by atoms with Crippen LogP contribution in [0.25, 0.3) is 16.5 Å². The molecular formula is C13H15N3O2. The molecule has 18 heavy (non-hydrogen) atoms. The molecule has 0 N–H and O–H groups in total.